The van der Waals surface area contributed by atoms with Crippen molar-refractivity contribution in [3.63, 3.8) is 0 Å². The van der Waals surface area contributed by atoms with Crippen molar-refractivity contribution in [3.05, 3.63) is 22.7 Å². The predicted octanol–water partition coefficient (Wildman–Crippen LogP) is 0.908. The number of carbonyl (C=O) groups is 1. The zero-order valence-corrected chi connectivity index (χ0v) is 10.5. The zero-order chi connectivity index (χ0) is 10.6. The molecule has 0 fully saturated rings. The summed E-state index contributed by atoms with van der Waals surface area (Å²) in [7, 11) is 1.45. The van der Waals surface area contributed by atoms with Crippen LogP contribution in [0, 0.1) is 0 Å². The summed E-state index contributed by atoms with van der Waals surface area (Å²) in [6, 6.07) is 0. The van der Waals surface area contributed by atoms with Gasteiger partial charge in [0.25, 0.3) is 0 Å². The maximum Gasteiger partial charge on any atom is 0.215 e. The maximum atomic E-state index is 10.7. The van der Waals surface area contributed by atoms with E-state index in [0.29, 0.717) is 17.4 Å². The Balaban J connectivity index is 2.78. The summed E-state index contributed by atoms with van der Waals surface area (Å²) in [4.78, 5) is 18.9. The molecule has 0 atom stereocenters. The Labute approximate surface area is 101 Å². The van der Waals surface area contributed by atoms with Gasteiger partial charge in [-0.15, -0.1) is 0 Å². The normalized spacial score (nSPS) is 9.86. The van der Waals surface area contributed by atoms with Crippen LogP contribution in [0.5, 0.6) is 0 Å². The van der Waals surface area contributed by atoms with Gasteiger partial charge in [-0.2, -0.15) is 0 Å². The van der Waals surface area contributed by atoms with Crippen LogP contribution in [0.1, 0.15) is 11.4 Å². The lowest BCUT2D eigenvalue weighted by atomic mass is 10.1. The van der Waals surface area contributed by atoms with Gasteiger partial charge in [-0.25, -0.2) is 4.98 Å². The van der Waals surface area contributed by atoms with Crippen molar-refractivity contribution in [2.45, 2.75) is 11.0 Å². The summed E-state index contributed by atoms with van der Waals surface area (Å²) in [5.74, 6) is -0.109. The van der Waals surface area contributed by atoms with E-state index in [9.17, 15) is 4.79 Å². The third-order valence-electron chi connectivity index (χ3n) is 1.49. The summed E-state index contributed by atoms with van der Waals surface area (Å²) in [6.45, 7) is 0.325. The number of nitrogens with one attached hydrogen (secondary N) is 1. The summed E-state index contributed by atoms with van der Waals surface area (Å²) in [5, 5.41) is 2.97. The van der Waals surface area contributed by atoms with Gasteiger partial charge in [0.15, 0.2) is 11.0 Å². The number of alkyl halides is 1. The fraction of sp³-hybridized carbons (Fsp3) is 0.286. The third kappa shape index (κ3) is 3.41. The fourth-order valence-corrected chi connectivity index (χ4v) is 1.36. The van der Waals surface area contributed by atoms with Gasteiger partial charge in [0.2, 0.25) is 7.85 Å². The second kappa shape index (κ2) is 5.50. The van der Waals surface area contributed by atoms with E-state index in [4.69, 9.17) is 11.6 Å². The number of carbonyl (C=O) groups excluding carboxylic acids is 1. The van der Waals surface area contributed by atoms with Crippen molar-refractivity contribution in [2.24, 2.45) is 0 Å². The minimum atomic E-state index is -0.109. The molecule has 0 saturated heterocycles. The first-order chi connectivity index (χ1) is 6.63. The molecule has 1 aromatic heterocycles. The molecule has 4 nitrogen and oxygen atoms in total. The topological polar surface area (TPSA) is 54.9 Å². The molecule has 7 heteroatoms. The zero-order valence-electron chi connectivity index (χ0n) is 7.55. The highest BCUT2D eigenvalue weighted by Gasteiger charge is 2.05. The second-order valence-electron chi connectivity index (χ2n) is 2.64. The van der Waals surface area contributed by atoms with E-state index in [0.717, 1.165) is 10.1 Å². The van der Waals surface area contributed by atoms with Crippen LogP contribution in [-0.2, 0) is 11.0 Å². The minimum absolute atomic E-state index is 0.109. The Morgan fingerprint density at radius 1 is 1.71 bits per heavy atom. The Hall–Kier alpha value is -0.365. The van der Waals surface area contributed by atoms with E-state index in [-0.39, 0.29) is 5.81 Å². The van der Waals surface area contributed by atoms with Gasteiger partial charge in [0, 0.05) is 4.43 Å². The largest absolute Gasteiger partial charge is 0.360 e. The maximum absolute atomic E-state index is 10.7. The highest BCUT2D eigenvalue weighted by atomic mass is 127. The van der Waals surface area contributed by atoms with E-state index in [1.54, 1.807) is 6.20 Å². The molecule has 1 rings (SSSR count). The van der Waals surface area contributed by atoms with E-state index in [1.165, 1.54) is 7.85 Å². The molecule has 1 aromatic rings. The molecule has 1 amide bonds. The summed E-state index contributed by atoms with van der Waals surface area (Å²) >= 11 is 8.00. The first kappa shape index (κ1) is 11.7. The Bertz CT molecular complexity index is 350. The molecule has 0 aromatic carbocycles. The first-order valence-electron chi connectivity index (χ1n) is 3.94. The highest BCUT2D eigenvalue weighted by molar-refractivity contribution is 14.1. The molecule has 0 spiro atoms. The second-order valence-corrected chi connectivity index (χ2v) is 3.76. The molecule has 0 aliphatic rings. The summed E-state index contributed by atoms with van der Waals surface area (Å²) < 4.78 is 0.773. The van der Waals surface area contributed by atoms with Crippen LogP contribution >= 0.6 is 34.2 Å². The van der Waals surface area contributed by atoms with Gasteiger partial charge in [-0.3, -0.25) is 9.78 Å². The average Bonchev–Trinajstić information content (AvgIpc) is 2.16. The van der Waals surface area contributed by atoms with Gasteiger partial charge >= 0.3 is 0 Å². The Kier molecular flexibility index (Phi) is 4.60. The van der Waals surface area contributed by atoms with Gasteiger partial charge in [-0.05, 0) is 0 Å². The molecule has 74 valence electrons. The monoisotopic (exact) mass is 323 g/mol. The highest BCUT2D eigenvalue weighted by Crippen LogP contribution is 2.11. The van der Waals surface area contributed by atoms with Gasteiger partial charge in [0.05, 0.1) is 24.1 Å². The van der Waals surface area contributed by atoms with E-state index >= 15 is 0 Å². The van der Waals surface area contributed by atoms with Gasteiger partial charge < -0.3 is 5.32 Å². The molecule has 0 aliphatic heterocycles. The van der Waals surface area contributed by atoms with Crippen LogP contribution in [0.4, 0.5) is 4.79 Å². The van der Waals surface area contributed by atoms with Crippen molar-refractivity contribution in [1.82, 2.24) is 15.3 Å². The number of halogens is 2. The number of hydrogen-bond donors (Lipinski definition) is 1. The number of amides is 1. The first-order valence-corrected chi connectivity index (χ1v) is 5.84. The van der Waals surface area contributed by atoms with Crippen LogP contribution in [0.15, 0.2) is 6.20 Å². The molecular formula is C7H8BClIN3O. The molecule has 0 aliphatic carbocycles. The lowest BCUT2D eigenvalue weighted by Crippen LogP contribution is -2.21. The predicted molar refractivity (Wildman–Crippen MR) is 65.5 cm³/mol. The van der Waals surface area contributed by atoms with Crippen molar-refractivity contribution < 1.29 is 4.79 Å². The third-order valence-corrected chi connectivity index (χ3v) is 2.58. The summed E-state index contributed by atoms with van der Waals surface area (Å²) in [5.41, 5.74) is 1.46. The molecule has 0 radical (unpaired) electrons. The molecular weight excluding hydrogens is 315 g/mol. The van der Waals surface area contributed by atoms with Gasteiger partial charge in [0.1, 0.15) is 0 Å². The van der Waals surface area contributed by atoms with Crippen LogP contribution in [0.3, 0.4) is 0 Å². The van der Waals surface area contributed by atoms with Crippen molar-refractivity contribution >= 4 is 47.8 Å². The fourth-order valence-electron chi connectivity index (χ4n) is 0.839. The van der Waals surface area contributed by atoms with Gasteiger partial charge in [-0.1, -0.05) is 34.2 Å². The Morgan fingerprint density at radius 3 is 3.00 bits per heavy atom. The Morgan fingerprint density at radius 2 is 2.43 bits per heavy atom. The smallest absolute Gasteiger partial charge is 0.215 e. The van der Waals surface area contributed by atoms with Crippen molar-refractivity contribution in [1.29, 1.82) is 0 Å². The molecule has 0 saturated carbocycles. The van der Waals surface area contributed by atoms with Crippen molar-refractivity contribution in [3.8, 4) is 0 Å². The standard InChI is InChI=1S/C7H8BClIN3O/c8-7(14)12-3-5-6(9)11-2-4(1-10)13-5/h2H,1,3,8H2,(H,12,14). The lowest BCUT2D eigenvalue weighted by Gasteiger charge is -2.04. The number of rotatable bonds is 3. The van der Waals surface area contributed by atoms with Crippen LogP contribution in [0.25, 0.3) is 0 Å². The average molecular weight is 323 g/mol. The molecule has 1 N–H and O–H groups in total. The van der Waals surface area contributed by atoms with Crippen molar-refractivity contribution in [2.75, 3.05) is 0 Å². The van der Waals surface area contributed by atoms with E-state index < -0.39 is 0 Å². The number of hydrogen-bond acceptors (Lipinski definition) is 3. The van der Waals surface area contributed by atoms with Crippen LogP contribution < -0.4 is 5.32 Å². The summed E-state index contributed by atoms with van der Waals surface area (Å²) in [6.07, 6.45) is 1.63. The molecule has 0 unspecified atom stereocenters. The minimum Gasteiger partial charge on any atom is -0.360 e. The lowest BCUT2D eigenvalue weighted by molar-refractivity contribution is 0.259. The van der Waals surface area contributed by atoms with E-state index in [1.807, 2.05) is 0 Å². The number of aromatic nitrogens is 2. The quantitative estimate of drug-likeness (QED) is 0.511. The molecule has 14 heavy (non-hydrogen) atoms. The molecule has 0 bridgehead atoms. The van der Waals surface area contributed by atoms with Crippen LogP contribution in [-0.4, -0.2) is 23.6 Å². The van der Waals surface area contributed by atoms with E-state index in [2.05, 4.69) is 37.9 Å². The molecule has 1 heterocycles. The number of nitrogens with zero attached hydrogens (tertiary/aromatic N) is 2. The van der Waals surface area contributed by atoms with Crippen LogP contribution in [0.2, 0.25) is 5.15 Å². The SMILES string of the molecule is BC(=O)NCc1nc(CI)cnc1Cl.